The Labute approximate surface area is 82.1 Å². The third kappa shape index (κ3) is 3.21. The Kier molecular flexibility index (Phi) is 3.26. The fraction of sp³-hybridized carbons (Fsp3) is 0.571. The third-order valence-corrected chi connectivity index (χ3v) is 1.46. The van der Waals surface area contributed by atoms with Gasteiger partial charge in [0.1, 0.15) is 0 Å². The Bertz CT molecular complexity index is 368. The van der Waals surface area contributed by atoms with Crippen LogP contribution in [-0.4, -0.2) is 21.4 Å². The molecular formula is C7H6F3N3O2. The van der Waals surface area contributed by atoms with Gasteiger partial charge in [-0.05, 0) is 0 Å². The van der Waals surface area contributed by atoms with E-state index in [-0.39, 0.29) is 18.7 Å². The first-order valence-electron chi connectivity index (χ1n) is 3.88. The summed E-state index contributed by atoms with van der Waals surface area (Å²) in [7, 11) is 0. The molecule has 1 unspecified atom stereocenters. The predicted molar refractivity (Wildman–Crippen MR) is 39.2 cm³/mol. The Hall–Kier alpha value is -1.62. The van der Waals surface area contributed by atoms with Gasteiger partial charge in [0.15, 0.2) is 0 Å². The van der Waals surface area contributed by atoms with Gasteiger partial charge in [0, 0.05) is 0 Å². The third-order valence-electron chi connectivity index (χ3n) is 1.46. The second kappa shape index (κ2) is 4.27. The molecule has 1 aromatic rings. The van der Waals surface area contributed by atoms with Crippen LogP contribution in [0.4, 0.5) is 13.2 Å². The van der Waals surface area contributed by atoms with E-state index >= 15 is 0 Å². The highest BCUT2D eigenvalue weighted by Crippen LogP contribution is 2.26. The van der Waals surface area contributed by atoms with Gasteiger partial charge in [0.25, 0.3) is 5.82 Å². The first-order valence-corrected chi connectivity index (χ1v) is 3.88. The van der Waals surface area contributed by atoms with Crippen LogP contribution in [0.2, 0.25) is 0 Å². The molecule has 0 spiro atoms. The lowest BCUT2D eigenvalue weighted by Crippen LogP contribution is -2.11. The SMILES string of the molecule is N#CCC(O)Cc1nc(C(F)(F)F)no1. The first-order chi connectivity index (χ1) is 6.93. The van der Waals surface area contributed by atoms with Crippen molar-refractivity contribution >= 4 is 0 Å². The molecule has 0 amide bonds. The summed E-state index contributed by atoms with van der Waals surface area (Å²) in [5.41, 5.74) is 0. The fourth-order valence-corrected chi connectivity index (χ4v) is 0.832. The molecule has 0 radical (unpaired) electrons. The van der Waals surface area contributed by atoms with Crippen molar-refractivity contribution in [3.8, 4) is 6.07 Å². The number of aliphatic hydroxyl groups excluding tert-OH is 1. The highest BCUT2D eigenvalue weighted by atomic mass is 19.4. The first kappa shape index (κ1) is 11.5. The number of nitrogens with zero attached hydrogens (tertiary/aromatic N) is 3. The average molecular weight is 221 g/mol. The van der Waals surface area contributed by atoms with Crippen molar-refractivity contribution in [1.82, 2.24) is 10.1 Å². The van der Waals surface area contributed by atoms with Crippen LogP contribution in [0.3, 0.4) is 0 Å². The predicted octanol–water partition coefficient (Wildman–Crippen LogP) is 0.905. The Morgan fingerprint density at radius 1 is 1.53 bits per heavy atom. The number of rotatable bonds is 3. The molecule has 0 aliphatic rings. The normalized spacial score (nSPS) is 13.5. The van der Waals surface area contributed by atoms with Crippen LogP contribution in [0.5, 0.6) is 0 Å². The van der Waals surface area contributed by atoms with E-state index in [9.17, 15) is 13.2 Å². The molecule has 1 N–H and O–H groups in total. The van der Waals surface area contributed by atoms with E-state index in [2.05, 4.69) is 14.7 Å². The van der Waals surface area contributed by atoms with Gasteiger partial charge in [0.2, 0.25) is 5.89 Å². The molecule has 0 fully saturated rings. The van der Waals surface area contributed by atoms with Crippen LogP contribution in [0.15, 0.2) is 4.52 Å². The molecule has 0 aliphatic carbocycles. The fourth-order valence-electron chi connectivity index (χ4n) is 0.832. The van der Waals surface area contributed by atoms with Crippen LogP contribution in [0.1, 0.15) is 18.1 Å². The topological polar surface area (TPSA) is 82.9 Å². The maximum atomic E-state index is 12.0. The number of alkyl halides is 3. The van der Waals surface area contributed by atoms with E-state index in [0.29, 0.717) is 0 Å². The minimum Gasteiger partial charge on any atom is -0.392 e. The van der Waals surface area contributed by atoms with Crippen LogP contribution in [-0.2, 0) is 12.6 Å². The van der Waals surface area contributed by atoms with E-state index in [4.69, 9.17) is 10.4 Å². The molecule has 5 nitrogen and oxygen atoms in total. The number of nitriles is 1. The molecule has 0 saturated carbocycles. The molecule has 0 bridgehead atoms. The number of hydrogen-bond donors (Lipinski definition) is 1. The Morgan fingerprint density at radius 3 is 2.67 bits per heavy atom. The second-order valence-corrected chi connectivity index (χ2v) is 2.73. The van der Waals surface area contributed by atoms with Gasteiger partial charge in [-0.1, -0.05) is 5.16 Å². The second-order valence-electron chi connectivity index (χ2n) is 2.73. The van der Waals surface area contributed by atoms with Crippen LogP contribution in [0.25, 0.3) is 0 Å². The smallest absolute Gasteiger partial charge is 0.392 e. The Morgan fingerprint density at radius 2 is 2.20 bits per heavy atom. The number of aliphatic hydroxyl groups is 1. The summed E-state index contributed by atoms with van der Waals surface area (Å²) in [4.78, 5) is 3.03. The number of aromatic nitrogens is 2. The zero-order valence-electron chi connectivity index (χ0n) is 7.32. The van der Waals surface area contributed by atoms with Gasteiger partial charge in [-0.15, -0.1) is 0 Å². The average Bonchev–Trinajstić information content (AvgIpc) is 2.52. The van der Waals surface area contributed by atoms with Gasteiger partial charge < -0.3 is 9.63 Å². The summed E-state index contributed by atoms with van der Waals surface area (Å²) in [6.45, 7) is 0. The molecule has 1 atom stereocenters. The van der Waals surface area contributed by atoms with Crippen LogP contribution >= 0.6 is 0 Å². The van der Waals surface area contributed by atoms with E-state index in [1.165, 1.54) is 0 Å². The molecule has 0 aromatic carbocycles. The van der Waals surface area contributed by atoms with Gasteiger partial charge >= 0.3 is 6.18 Å². The summed E-state index contributed by atoms with van der Waals surface area (Å²) in [5.74, 6) is -1.73. The highest BCUT2D eigenvalue weighted by Gasteiger charge is 2.37. The number of hydrogen-bond acceptors (Lipinski definition) is 5. The molecule has 1 heterocycles. The maximum Gasteiger partial charge on any atom is 0.455 e. The largest absolute Gasteiger partial charge is 0.455 e. The molecule has 1 rings (SSSR count). The van der Waals surface area contributed by atoms with E-state index in [0.717, 1.165) is 0 Å². The summed E-state index contributed by atoms with van der Waals surface area (Å²) in [6, 6.07) is 1.66. The molecule has 8 heteroatoms. The van der Waals surface area contributed by atoms with Crippen molar-refractivity contribution in [1.29, 1.82) is 5.26 Å². The lowest BCUT2D eigenvalue weighted by atomic mass is 10.2. The van der Waals surface area contributed by atoms with Crippen molar-refractivity contribution in [3.05, 3.63) is 11.7 Å². The van der Waals surface area contributed by atoms with Crippen LogP contribution < -0.4 is 0 Å². The molecule has 15 heavy (non-hydrogen) atoms. The van der Waals surface area contributed by atoms with Crippen LogP contribution in [0, 0.1) is 11.3 Å². The van der Waals surface area contributed by atoms with E-state index < -0.39 is 18.1 Å². The molecule has 0 saturated heterocycles. The molecule has 82 valence electrons. The van der Waals surface area contributed by atoms with Crippen molar-refractivity contribution in [2.45, 2.75) is 25.1 Å². The van der Waals surface area contributed by atoms with Gasteiger partial charge in [-0.2, -0.15) is 23.4 Å². The van der Waals surface area contributed by atoms with Gasteiger partial charge in [0.05, 0.1) is 25.0 Å². The minimum absolute atomic E-state index is 0.205. The minimum atomic E-state index is -4.66. The Balaban J connectivity index is 2.66. The lowest BCUT2D eigenvalue weighted by Gasteiger charge is -2.00. The summed E-state index contributed by atoms with van der Waals surface area (Å²) < 4.78 is 40.2. The summed E-state index contributed by atoms with van der Waals surface area (Å²) >= 11 is 0. The van der Waals surface area contributed by atoms with Crippen molar-refractivity contribution in [3.63, 3.8) is 0 Å². The van der Waals surface area contributed by atoms with Gasteiger partial charge in [-0.3, -0.25) is 0 Å². The van der Waals surface area contributed by atoms with Crippen molar-refractivity contribution in [2.75, 3.05) is 0 Å². The lowest BCUT2D eigenvalue weighted by molar-refractivity contribution is -0.146. The summed E-state index contributed by atoms with van der Waals surface area (Å²) in [6.07, 6.45) is -6.24. The van der Waals surface area contributed by atoms with Crippen molar-refractivity contribution in [2.24, 2.45) is 0 Å². The monoisotopic (exact) mass is 221 g/mol. The highest BCUT2D eigenvalue weighted by molar-refractivity contribution is 4.93. The maximum absolute atomic E-state index is 12.0. The standard InChI is InChI=1S/C7H6F3N3O2/c8-7(9,10)6-12-5(15-13-6)3-4(14)1-2-11/h4,14H,1,3H2. The van der Waals surface area contributed by atoms with Crippen molar-refractivity contribution < 1.29 is 22.8 Å². The van der Waals surface area contributed by atoms with Gasteiger partial charge in [-0.25, -0.2) is 0 Å². The van der Waals surface area contributed by atoms with E-state index in [1.54, 1.807) is 6.07 Å². The summed E-state index contributed by atoms with van der Waals surface area (Å²) in [5, 5.41) is 20.0. The number of halogens is 3. The molecule has 1 aromatic heterocycles. The molecule has 0 aliphatic heterocycles. The zero-order valence-corrected chi connectivity index (χ0v) is 7.32. The zero-order chi connectivity index (χ0) is 11.5. The van der Waals surface area contributed by atoms with E-state index in [1.807, 2.05) is 0 Å². The quantitative estimate of drug-likeness (QED) is 0.819. The molecular weight excluding hydrogens is 215 g/mol.